The molecule has 16 heavy (non-hydrogen) atoms. The van der Waals surface area contributed by atoms with Crippen LogP contribution in [0, 0.1) is 0 Å². The zero-order valence-corrected chi connectivity index (χ0v) is 9.86. The number of benzene rings is 1. The van der Waals surface area contributed by atoms with Crippen molar-refractivity contribution in [1.82, 2.24) is 0 Å². The molecule has 0 saturated heterocycles. The van der Waals surface area contributed by atoms with Gasteiger partial charge < -0.3 is 9.84 Å². The van der Waals surface area contributed by atoms with Crippen molar-refractivity contribution in [2.45, 2.75) is 32.3 Å². The lowest BCUT2D eigenvalue weighted by atomic mass is 9.87. The highest BCUT2D eigenvalue weighted by Gasteiger charge is 2.13. The highest BCUT2D eigenvalue weighted by Crippen LogP contribution is 2.28. The van der Waals surface area contributed by atoms with Gasteiger partial charge >= 0.3 is 0 Å². The first-order valence-corrected chi connectivity index (χ1v) is 5.72. The van der Waals surface area contributed by atoms with Gasteiger partial charge in [0.05, 0.1) is 13.2 Å². The number of allylic oxidation sites excluding steroid dienone is 1. The Bertz CT molecular complexity index is 405. The number of methoxy groups -OCH3 is 1. The number of hydrogen-bond acceptors (Lipinski definition) is 2. The van der Waals surface area contributed by atoms with Crippen molar-refractivity contribution in [3.63, 3.8) is 0 Å². The summed E-state index contributed by atoms with van der Waals surface area (Å²) in [5.74, 6) is 0.914. The summed E-state index contributed by atoms with van der Waals surface area (Å²) in [7, 11) is 1.69. The van der Waals surface area contributed by atoms with Crippen LogP contribution in [-0.4, -0.2) is 18.3 Å². The molecule has 0 aromatic heterocycles. The Hall–Kier alpha value is -1.28. The fourth-order valence-corrected chi connectivity index (χ4v) is 2.25. The van der Waals surface area contributed by atoms with Crippen LogP contribution in [0.25, 0.3) is 0 Å². The van der Waals surface area contributed by atoms with Crippen LogP contribution in [0.2, 0.25) is 0 Å². The molecule has 1 N–H and O–H groups in total. The molecular formula is C14H18O2. The summed E-state index contributed by atoms with van der Waals surface area (Å²) in [5.41, 5.74) is 4.07. The van der Waals surface area contributed by atoms with Crippen molar-refractivity contribution in [3.05, 3.63) is 41.0 Å². The summed E-state index contributed by atoms with van der Waals surface area (Å²) in [5, 5.41) is 9.35. The second-order valence-corrected chi connectivity index (χ2v) is 4.38. The van der Waals surface area contributed by atoms with E-state index in [4.69, 9.17) is 4.74 Å². The van der Waals surface area contributed by atoms with Gasteiger partial charge in [0.2, 0.25) is 0 Å². The normalized spacial score (nSPS) is 19.3. The molecule has 0 radical (unpaired) electrons. The van der Waals surface area contributed by atoms with Crippen LogP contribution in [-0.2, 0) is 12.8 Å². The quantitative estimate of drug-likeness (QED) is 0.773. The summed E-state index contributed by atoms with van der Waals surface area (Å²) in [6.45, 7) is 1.80. The third kappa shape index (κ3) is 2.45. The SMILES string of the molecule is COc1ccc2c(c1)C/C(=C\C(C)O)CC2. The highest BCUT2D eigenvalue weighted by molar-refractivity contribution is 5.41. The summed E-state index contributed by atoms with van der Waals surface area (Å²) in [4.78, 5) is 0. The van der Waals surface area contributed by atoms with E-state index < -0.39 is 0 Å². The monoisotopic (exact) mass is 218 g/mol. The average molecular weight is 218 g/mol. The number of hydrogen-bond donors (Lipinski definition) is 1. The number of rotatable bonds is 2. The van der Waals surface area contributed by atoms with Gasteiger partial charge in [0.25, 0.3) is 0 Å². The number of ether oxygens (including phenoxy) is 1. The van der Waals surface area contributed by atoms with Gasteiger partial charge in [-0.05, 0) is 49.4 Å². The standard InChI is InChI=1S/C14H18O2/c1-10(15)7-11-3-4-12-5-6-14(16-2)9-13(12)8-11/h5-7,9-10,15H,3-4,8H2,1-2H3/b11-7-. The predicted molar refractivity (Wildman–Crippen MR) is 64.8 cm³/mol. The van der Waals surface area contributed by atoms with Crippen LogP contribution in [0.15, 0.2) is 29.8 Å². The van der Waals surface area contributed by atoms with Crippen molar-refractivity contribution in [1.29, 1.82) is 0 Å². The molecule has 0 amide bonds. The van der Waals surface area contributed by atoms with E-state index in [1.807, 2.05) is 12.1 Å². The van der Waals surface area contributed by atoms with Crippen molar-refractivity contribution >= 4 is 0 Å². The molecule has 1 aliphatic rings. The minimum atomic E-state index is -0.345. The molecule has 86 valence electrons. The van der Waals surface area contributed by atoms with E-state index in [-0.39, 0.29) is 6.10 Å². The van der Waals surface area contributed by atoms with E-state index >= 15 is 0 Å². The molecule has 0 aliphatic heterocycles. The predicted octanol–water partition coefficient (Wildman–Crippen LogP) is 2.49. The second kappa shape index (κ2) is 4.71. The minimum absolute atomic E-state index is 0.345. The maximum Gasteiger partial charge on any atom is 0.119 e. The molecule has 0 saturated carbocycles. The lowest BCUT2D eigenvalue weighted by Gasteiger charge is -2.19. The molecule has 0 fully saturated rings. The summed E-state index contributed by atoms with van der Waals surface area (Å²) >= 11 is 0. The van der Waals surface area contributed by atoms with E-state index in [9.17, 15) is 5.11 Å². The van der Waals surface area contributed by atoms with E-state index in [1.165, 1.54) is 16.7 Å². The second-order valence-electron chi connectivity index (χ2n) is 4.38. The smallest absolute Gasteiger partial charge is 0.119 e. The van der Waals surface area contributed by atoms with Gasteiger partial charge in [0.1, 0.15) is 5.75 Å². The molecule has 0 heterocycles. The Morgan fingerprint density at radius 1 is 1.31 bits per heavy atom. The minimum Gasteiger partial charge on any atom is -0.497 e. The Kier molecular flexibility index (Phi) is 3.30. The number of fused-ring (bicyclic) bond motifs is 1. The van der Waals surface area contributed by atoms with Crippen molar-refractivity contribution in [2.24, 2.45) is 0 Å². The fourth-order valence-electron chi connectivity index (χ4n) is 2.25. The molecular weight excluding hydrogens is 200 g/mol. The Labute approximate surface area is 96.6 Å². The topological polar surface area (TPSA) is 29.5 Å². The Balaban J connectivity index is 2.24. The van der Waals surface area contributed by atoms with E-state index in [2.05, 4.69) is 12.1 Å². The van der Waals surface area contributed by atoms with Crippen LogP contribution < -0.4 is 4.74 Å². The van der Waals surface area contributed by atoms with Crippen LogP contribution in [0.1, 0.15) is 24.5 Å². The fraction of sp³-hybridized carbons (Fsp3) is 0.429. The molecule has 2 heteroatoms. The Morgan fingerprint density at radius 2 is 2.12 bits per heavy atom. The van der Waals surface area contributed by atoms with Crippen molar-refractivity contribution in [3.8, 4) is 5.75 Å². The van der Waals surface area contributed by atoms with Gasteiger partial charge in [-0.2, -0.15) is 0 Å². The lowest BCUT2D eigenvalue weighted by Crippen LogP contribution is -2.08. The maximum absolute atomic E-state index is 9.35. The first-order chi connectivity index (χ1) is 7.69. The van der Waals surface area contributed by atoms with Crippen LogP contribution >= 0.6 is 0 Å². The summed E-state index contributed by atoms with van der Waals surface area (Å²) in [6, 6.07) is 6.26. The zero-order chi connectivity index (χ0) is 11.5. The first kappa shape index (κ1) is 11.2. The number of aliphatic hydroxyl groups excluding tert-OH is 1. The zero-order valence-electron chi connectivity index (χ0n) is 9.86. The Morgan fingerprint density at radius 3 is 2.81 bits per heavy atom. The van der Waals surface area contributed by atoms with E-state index in [1.54, 1.807) is 14.0 Å². The van der Waals surface area contributed by atoms with Crippen LogP contribution in [0.5, 0.6) is 5.75 Å². The average Bonchev–Trinajstić information content (AvgIpc) is 2.27. The summed E-state index contributed by atoms with van der Waals surface area (Å²) in [6.07, 6.45) is 4.68. The largest absolute Gasteiger partial charge is 0.497 e. The van der Waals surface area contributed by atoms with E-state index in [0.29, 0.717) is 0 Å². The first-order valence-electron chi connectivity index (χ1n) is 5.72. The van der Waals surface area contributed by atoms with Gasteiger partial charge in [-0.3, -0.25) is 0 Å². The summed E-state index contributed by atoms with van der Waals surface area (Å²) < 4.78 is 5.23. The molecule has 1 aliphatic carbocycles. The van der Waals surface area contributed by atoms with Crippen LogP contribution in [0.3, 0.4) is 0 Å². The maximum atomic E-state index is 9.35. The van der Waals surface area contributed by atoms with Gasteiger partial charge in [-0.25, -0.2) is 0 Å². The third-order valence-corrected chi connectivity index (χ3v) is 3.02. The molecule has 1 aromatic carbocycles. The highest BCUT2D eigenvalue weighted by atomic mass is 16.5. The van der Waals surface area contributed by atoms with Gasteiger partial charge in [0, 0.05) is 0 Å². The molecule has 2 rings (SSSR count). The molecule has 0 bridgehead atoms. The van der Waals surface area contributed by atoms with Gasteiger partial charge in [0.15, 0.2) is 0 Å². The molecule has 1 unspecified atom stereocenters. The number of aryl methyl sites for hydroxylation is 1. The molecule has 0 spiro atoms. The van der Waals surface area contributed by atoms with Gasteiger partial charge in [-0.1, -0.05) is 17.7 Å². The van der Waals surface area contributed by atoms with Gasteiger partial charge in [-0.15, -0.1) is 0 Å². The van der Waals surface area contributed by atoms with E-state index in [0.717, 1.165) is 25.0 Å². The molecule has 1 aromatic rings. The van der Waals surface area contributed by atoms with Crippen LogP contribution in [0.4, 0.5) is 0 Å². The molecule has 1 atom stereocenters. The van der Waals surface area contributed by atoms with Crippen molar-refractivity contribution in [2.75, 3.05) is 7.11 Å². The lowest BCUT2D eigenvalue weighted by molar-refractivity contribution is 0.242. The molecule has 2 nitrogen and oxygen atoms in total. The van der Waals surface area contributed by atoms with Crippen molar-refractivity contribution < 1.29 is 9.84 Å². The number of aliphatic hydroxyl groups is 1. The third-order valence-electron chi connectivity index (χ3n) is 3.02.